The molecule has 8 heteroatoms. The Hall–Kier alpha value is -2.02. The smallest absolute Gasteiger partial charge is 0.277 e. The van der Waals surface area contributed by atoms with Gasteiger partial charge in [-0.3, -0.25) is 4.79 Å². The van der Waals surface area contributed by atoms with Crippen LogP contribution in [0.3, 0.4) is 0 Å². The van der Waals surface area contributed by atoms with Crippen LogP contribution in [0.5, 0.6) is 0 Å². The molecule has 0 fully saturated rings. The summed E-state index contributed by atoms with van der Waals surface area (Å²) in [5.74, 6) is 0.447. The largest absolute Gasteiger partial charge is 0.411 e. The first-order valence-corrected chi connectivity index (χ1v) is 9.52. The number of rotatable bonds is 6. The van der Waals surface area contributed by atoms with Gasteiger partial charge in [0.15, 0.2) is 0 Å². The van der Waals surface area contributed by atoms with Crippen LogP contribution >= 0.6 is 35.0 Å². The zero-order chi connectivity index (χ0) is 18.5. The number of carbonyl (C=O) groups excluding carboxylic acids is 1. The van der Waals surface area contributed by atoms with E-state index in [2.05, 4.69) is 15.5 Å². The second-order valence-corrected chi connectivity index (χ2v) is 7.31. The summed E-state index contributed by atoms with van der Waals surface area (Å²) >= 11 is 12.9. The fraction of sp³-hybridized carbons (Fsp3) is 0.167. The Kier molecular flexibility index (Phi) is 6.19. The lowest BCUT2D eigenvalue weighted by atomic mass is 10.1. The molecule has 2 aromatic carbocycles. The van der Waals surface area contributed by atoms with E-state index in [9.17, 15) is 4.79 Å². The molecule has 1 amide bonds. The van der Waals surface area contributed by atoms with Crippen molar-refractivity contribution in [3.05, 3.63) is 64.1 Å². The molecule has 1 heterocycles. The Labute approximate surface area is 165 Å². The van der Waals surface area contributed by atoms with Crippen molar-refractivity contribution < 1.29 is 9.21 Å². The van der Waals surface area contributed by atoms with Crippen LogP contribution in [0, 0.1) is 0 Å². The number of carbonyl (C=O) groups is 1. The molecule has 0 aliphatic heterocycles. The molecule has 0 unspecified atom stereocenters. The number of halogens is 2. The van der Waals surface area contributed by atoms with E-state index in [-0.39, 0.29) is 17.7 Å². The van der Waals surface area contributed by atoms with E-state index in [1.807, 2.05) is 19.1 Å². The molecule has 134 valence electrons. The van der Waals surface area contributed by atoms with E-state index >= 15 is 0 Å². The quantitative estimate of drug-likeness (QED) is 0.581. The molecule has 0 saturated heterocycles. The van der Waals surface area contributed by atoms with E-state index in [0.717, 1.165) is 11.1 Å². The normalized spacial score (nSPS) is 12.0. The third-order valence-corrected chi connectivity index (χ3v) is 4.89. The van der Waals surface area contributed by atoms with Gasteiger partial charge in [0.1, 0.15) is 0 Å². The van der Waals surface area contributed by atoms with Crippen molar-refractivity contribution in [2.75, 3.05) is 5.75 Å². The summed E-state index contributed by atoms with van der Waals surface area (Å²) in [7, 11) is 0. The van der Waals surface area contributed by atoms with Crippen molar-refractivity contribution in [3.63, 3.8) is 0 Å². The summed E-state index contributed by atoms with van der Waals surface area (Å²) in [4.78, 5) is 12.1. The van der Waals surface area contributed by atoms with Crippen LogP contribution in [0.15, 0.2) is 58.2 Å². The van der Waals surface area contributed by atoms with Gasteiger partial charge in [0.2, 0.25) is 11.8 Å². The van der Waals surface area contributed by atoms with Crippen LogP contribution in [0.25, 0.3) is 11.5 Å². The van der Waals surface area contributed by atoms with E-state index < -0.39 is 0 Å². The Morgan fingerprint density at radius 3 is 2.35 bits per heavy atom. The molecule has 0 aliphatic carbocycles. The molecular weight excluding hydrogens is 393 g/mol. The Bertz CT molecular complexity index is 882. The second-order valence-electron chi connectivity index (χ2n) is 5.51. The molecule has 3 rings (SSSR count). The SMILES string of the molecule is C[C@@H](NC(=O)CSc1nnc(-c2ccc(Cl)cc2)o1)c1ccc(Cl)cc1. The Morgan fingerprint density at radius 1 is 1.08 bits per heavy atom. The molecular formula is C18H15Cl2N3O2S. The fourth-order valence-electron chi connectivity index (χ4n) is 2.22. The number of amides is 1. The molecule has 5 nitrogen and oxygen atoms in total. The minimum Gasteiger partial charge on any atom is -0.411 e. The monoisotopic (exact) mass is 407 g/mol. The maximum Gasteiger partial charge on any atom is 0.277 e. The van der Waals surface area contributed by atoms with E-state index in [1.54, 1.807) is 36.4 Å². The molecule has 0 radical (unpaired) electrons. The van der Waals surface area contributed by atoms with Crippen LogP contribution in [0.1, 0.15) is 18.5 Å². The molecule has 1 atom stereocenters. The van der Waals surface area contributed by atoms with E-state index in [0.29, 0.717) is 21.2 Å². The summed E-state index contributed by atoms with van der Waals surface area (Å²) < 4.78 is 5.57. The summed E-state index contributed by atoms with van der Waals surface area (Å²) in [5.41, 5.74) is 1.75. The predicted octanol–water partition coefficient (Wildman–Crippen LogP) is 5.01. The Morgan fingerprint density at radius 2 is 1.69 bits per heavy atom. The van der Waals surface area contributed by atoms with Gasteiger partial charge < -0.3 is 9.73 Å². The van der Waals surface area contributed by atoms with E-state index in [4.69, 9.17) is 27.6 Å². The molecule has 1 N–H and O–H groups in total. The van der Waals surface area contributed by atoms with Gasteiger partial charge in [0.25, 0.3) is 5.22 Å². The lowest BCUT2D eigenvalue weighted by Crippen LogP contribution is -2.28. The highest BCUT2D eigenvalue weighted by molar-refractivity contribution is 7.99. The highest BCUT2D eigenvalue weighted by Gasteiger charge is 2.13. The van der Waals surface area contributed by atoms with Crippen LogP contribution < -0.4 is 5.32 Å². The highest BCUT2D eigenvalue weighted by atomic mass is 35.5. The van der Waals surface area contributed by atoms with Crippen molar-refractivity contribution in [1.82, 2.24) is 15.5 Å². The lowest BCUT2D eigenvalue weighted by Gasteiger charge is -2.13. The zero-order valence-corrected chi connectivity index (χ0v) is 16.1. The first-order chi connectivity index (χ1) is 12.5. The first-order valence-electron chi connectivity index (χ1n) is 7.78. The van der Waals surface area contributed by atoms with Gasteiger partial charge in [-0.2, -0.15) is 0 Å². The maximum absolute atomic E-state index is 12.1. The number of thioether (sulfide) groups is 1. The predicted molar refractivity (Wildman–Crippen MR) is 103 cm³/mol. The summed E-state index contributed by atoms with van der Waals surface area (Å²) in [6.07, 6.45) is 0. The number of hydrogen-bond donors (Lipinski definition) is 1. The zero-order valence-electron chi connectivity index (χ0n) is 13.8. The number of benzene rings is 2. The van der Waals surface area contributed by atoms with Crippen molar-refractivity contribution in [3.8, 4) is 11.5 Å². The van der Waals surface area contributed by atoms with Crippen LogP contribution in [0.4, 0.5) is 0 Å². The third kappa shape index (κ3) is 5.00. The third-order valence-electron chi connectivity index (χ3n) is 3.57. The van der Waals surface area contributed by atoms with Crippen molar-refractivity contribution >= 4 is 40.9 Å². The Balaban J connectivity index is 1.53. The van der Waals surface area contributed by atoms with Crippen LogP contribution in [-0.4, -0.2) is 21.9 Å². The van der Waals surface area contributed by atoms with Crippen LogP contribution in [-0.2, 0) is 4.79 Å². The highest BCUT2D eigenvalue weighted by Crippen LogP contribution is 2.24. The van der Waals surface area contributed by atoms with Gasteiger partial charge in [-0.25, -0.2) is 0 Å². The fourth-order valence-corrected chi connectivity index (χ4v) is 3.05. The number of aromatic nitrogens is 2. The van der Waals surface area contributed by atoms with Gasteiger partial charge in [0, 0.05) is 15.6 Å². The number of nitrogens with one attached hydrogen (secondary N) is 1. The van der Waals surface area contributed by atoms with Crippen molar-refractivity contribution in [1.29, 1.82) is 0 Å². The van der Waals surface area contributed by atoms with Gasteiger partial charge in [0.05, 0.1) is 11.8 Å². The van der Waals surface area contributed by atoms with Crippen LogP contribution in [0.2, 0.25) is 10.0 Å². The van der Waals surface area contributed by atoms with Gasteiger partial charge >= 0.3 is 0 Å². The molecule has 26 heavy (non-hydrogen) atoms. The first kappa shape index (κ1) is 18.8. The molecule has 0 aliphatic rings. The minimum absolute atomic E-state index is 0.118. The molecule has 0 bridgehead atoms. The average Bonchev–Trinajstić information content (AvgIpc) is 3.10. The van der Waals surface area contributed by atoms with Crippen molar-refractivity contribution in [2.24, 2.45) is 0 Å². The van der Waals surface area contributed by atoms with E-state index in [1.165, 1.54) is 11.8 Å². The molecule has 3 aromatic rings. The summed E-state index contributed by atoms with van der Waals surface area (Å²) in [6, 6.07) is 14.3. The minimum atomic E-state index is -0.122. The average molecular weight is 408 g/mol. The second kappa shape index (κ2) is 8.58. The number of hydrogen-bond acceptors (Lipinski definition) is 5. The number of nitrogens with zero attached hydrogens (tertiary/aromatic N) is 2. The van der Waals surface area contributed by atoms with Gasteiger partial charge in [-0.1, -0.05) is 47.1 Å². The molecule has 0 saturated carbocycles. The summed E-state index contributed by atoms with van der Waals surface area (Å²) in [6.45, 7) is 1.91. The topological polar surface area (TPSA) is 68.0 Å². The van der Waals surface area contributed by atoms with Gasteiger partial charge in [-0.05, 0) is 48.9 Å². The van der Waals surface area contributed by atoms with Crippen molar-refractivity contribution in [2.45, 2.75) is 18.2 Å². The molecule has 0 spiro atoms. The van der Waals surface area contributed by atoms with Gasteiger partial charge in [-0.15, -0.1) is 10.2 Å². The molecule has 1 aromatic heterocycles. The summed E-state index contributed by atoms with van der Waals surface area (Å²) in [5, 5.41) is 12.5. The standard InChI is InChI=1S/C18H15Cl2N3O2S/c1-11(12-2-6-14(19)7-3-12)21-16(24)10-26-18-23-22-17(25-18)13-4-8-15(20)9-5-13/h2-9,11H,10H2,1H3,(H,21,24)/t11-/m1/s1. The lowest BCUT2D eigenvalue weighted by molar-refractivity contribution is -0.119. The maximum atomic E-state index is 12.1.